The lowest BCUT2D eigenvalue weighted by Gasteiger charge is -2.48. The molecule has 8 heteroatoms. The molecule has 228 valence electrons. The first-order chi connectivity index (χ1) is 18.0. The van der Waals surface area contributed by atoms with Crippen LogP contribution in [0.2, 0.25) is 0 Å². The maximum atomic E-state index is 14.3. The highest BCUT2D eigenvalue weighted by atomic mass is 16.4. The van der Waals surface area contributed by atoms with Crippen molar-refractivity contribution in [2.75, 3.05) is 26.7 Å². The average molecular weight is 553 g/mol. The lowest BCUT2D eigenvalue weighted by atomic mass is 9.82. The van der Waals surface area contributed by atoms with E-state index in [0.717, 1.165) is 25.9 Å². The van der Waals surface area contributed by atoms with Crippen molar-refractivity contribution in [3.05, 3.63) is 11.6 Å². The molecule has 0 spiro atoms. The van der Waals surface area contributed by atoms with Crippen LogP contribution in [-0.4, -0.2) is 82.5 Å². The summed E-state index contributed by atoms with van der Waals surface area (Å²) in [6.07, 6.45) is 4.77. The molecule has 0 bridgehead atoms. The first kappa shape index (κ1) is 37.1. The van der Waals surface area contributed by atoms with Gasteiger partial charge in [-0.3, -0.25) is 14.5 Å². The van der Waals surface area contributed by atoms with Gasteiger partial charge in [-0.05, 0) is 57.0 Å². The Kier molecular flexibility index (Phi) is 15.0. The minimum atomic E-state index is -1.01. The van der Waals surface area contributed by atoms with Gasteiger partial charge in [0, 0.05) is 24.7 Å². The zero-order chi connectivity index (χ0) is 30.8. The molecule has 0 aromatic carbocycles. The second-order valence-corrected chi connectivity index (χ2v) is 12.4. The average Bonchev–Trinajstić information content (AvgIpc) is 2.88. The van der Waals surface area contributed by atoms with Crippen molar-refractivity contribution in [2.24, 2.45) is 11.3 Å². The SMILES string of the molecule is CCNC(CC)(CC)CN(CC)C(CC)(CC)C(=O)N[C@H](C(=O)N(C)[C@H](C=C(C)C(=O)O)C(C)C)C(C)(C)C. The predicted molar refractivity (Wildman–Crippen MR) is 162 cm³/mol. The quantitative estimate of drug-likeness (QED) is 0.218. The fourth-order valence-corrected chi connectivity index (χ4v) is 5.59. The predicted octanol–water partition coefficient (Wildman–Crippen LogP) is 5.08. The number of amides is 2. The third-order valence-corrected chi connectivity index (χ3v) is 8.60. The molecule has 2 atom stereocenters. The molecule has 0 aliphatic rings. The van der Waals surface area contributed by atoms with Gasteiger partial charge in [-0.15, -0.1) is 0 Å². The van der Waals surface area contributed by atoms with Crippen LogP contribution in [0.15, 0.2) is 11.6 Å². The number of aliphatic carboxylic acids is 1. The summed E-state index contributed by atoms with van der Waals surface area (Å²) in [6, 6.07) is -1.19. The highest BCUT2D eigenvalue weighted by Gasteiger charge is 2.46. The number of nitrogens with zero attached hydrogens (tertiary/aromatic N) is 2. The van der Waals surface area contributed by atoms with Crippen LogP contribution in [0.5, 0.6) is 0 Å². The topological polar surface area (TPSA) is 102 Å². The van der Waals surface area contributed by atoms with Gasteiger partial charge in [0.1, 0.15) is 6.04 Å². The number of hydrogen-bond acceptors (Lipinski definition) is 5. The highest BCUT2D eigenvalue weighted by Crippen LogP contribution is 2.31. The van der Waals surface area contributed by atoms with Crippen LogP contribution in [0.25, 0.3) is 0 Å². The minimum Gasteiger partial charge on any atom is -0.478 e. The number of carbonyl (C=O) groups excluding carboxylic acids is 2. The van der Waals surface area contributed by atoms with Gasteiger partial charge in [-0.1, -0.05) is 82.2 Å². The van der Waals surface area contributed by atoms with Gasteiger partial charge in [0.15, 0.2) is 0 Å². The van der Waals surface area contributed by atoms with Gasteiger partial charge >= 0.3 is 5.97 Å². The molecule has 0 saturated heterocycles. The fraction of sp³-hybridized carbons (Fsp3) is 0.839. The van der Waals surface area contributed by atoms with E-state index in [1.165, 1.54) is 6.92 Å². The summed E-state index contributed by atoms with van der Waals surface area (Å²) in [4.78, 5) is 43.6. The van der Waals surface area contributed by atoms with Crippen molar-refractivity contribution in [1.29, 1.82) is 0 Å². The largest absolute Gasteiger partial charge is 0.478 e. The third-order valence-electron chi connectivity index (χ3n) is 8.60. The Labute approximate surface area is 239 Å². The first-order valence-corrected chi connectivity index (χ1v) is 15.0. The minimum absolute atomic E-state index is 0.00666. The summed E-state index contributed by atoms with van der Waals surface area (Å²) in [5.74, 6) is -1.37. The van der Waals surface area contributed by atoms with Crippen LogP contribution in [0.1, 0.15) is 109 Å². The van der Waals surface area contributed by atoms with E-state index in [-0.39, 0.29) is 28.8 Å². The maximum absolute atomic E-state index is 14.3. The van der Waals surface area contributed by atoms with Gasteiger partial charge in [0.05, 0.1) is 11.6 Å². The number of nitrogens with one attached hydrogen (secondary N) is 2. The zero-order valence-corrected chi connectivity index (χ0v) is 27.3. The van der Waals surface area contributed by atoms with Gasteiger partial charge in [0.25, 0.3) is 0 Å². The summed E-state index contributed by atoms with van der Waals surface area (Å²) in [5.41, 5.74) is -1.23. The van der Waals surface area contributed by atoms with Crippen molar-refractivity contribution in [3.8, 4) is 0 Å². The number of rotatable bonds is 17. The first-order valence-electron chi connectivity index (χ1n) is 15.0. The molecule has 0 rings (SSSR count). The molecule has 0 radical (unpaired) electrons. The summed E-state index contributed by atoms with van der Waals surface area (Å²) in [6.45, 7) is 26.3. The van der Waals surface area contributed by atoms with Gasteiger partial charge in [-0.25, -0.2) is 4.79 Å². The molecule has 3 N–H and O–H groups in total. The number of likely N-dealkylation sites (N-methyl/N-ethyl adjacent to an activating group) is 3. The molecule has 0 aromatic heterocycles. The molecule has 0 aliphatic heterocycles. The number of hydrogen-bond donors (Lipinski definition) is 3. The van der Waals surface area contributed by atoms with Crippen molar-refractivity contribution in [1.82, 2.24) is 20.4 Å². The van der Waals surface area contributed by atoms with E-state index < -0.39 is 29.0 Å². The molecular weight excluding hydrogens is 492 g/mol. The molecule has 0 saturated carbocycles. The molecule has 39 heavy (non-hydrogen) atoms. The van der Waals surface area contributed by atoms with E-state index in [0.29, 0.717) is 19.4 Å². The van der Waals surface area contributed by atoms with Gasteiger partial charge in [-0.2, -0.15) is 0 Å². The van der Waals surface area contributed by atoms with E-state index in [1.807, 2.05) is 48.5 Å². The lowest BCUT2D eigenvalue weighted by Crippen LogP contribution is -2.66. The van der Waals surface area contributed by atoms with Crippen molar-refractivity contribution in [2.45, 2.75) is 132 Å². The number of carboxylic acid groups (broad SMARTS) is 1. The fourth-order valence-electron chi connectivity index (χ4n) is 5.59. The monoisotopic (exact) mass is 552 g/mol. The van der Waals surface area contributed by atoms with Crippen molar-refractivity contribution in [3.63, 3.8) is 0 Å². The molecule has 0 aromatic rings. The van der Waals surface area contributed by atoms with Crippen molar-refractivity contribution >= 4 is 17.8 Å². The molecule has 0 aliphatic carbocycles. The molecule has 0 heterocycles. The Balaban J connectivity index is 6.50. The van der Waals surface area contributed by atoms with E-state index in [4.69, 9.17) is 0 Å². The van der Waals surface area contributed by atoms with Gasteiger partial charge < -0.3 is 20.6 Å². The van der Waals surface area contributed by atoms with E-state index in [2.05, 4.69) is 43.2 Å². The summed E-state index contributed by atoms with van der Waals surface area (Å²) in [5, 5.41) is 16.3. The Morgan fingerprint density at radius 3 is 1.77 bits per heavy atom. The normalized spacial score (nSPS) is 14.9. The Morgan fingerprint density at radius 1 is 0.923 bits per heavy atom. The van der Waals surface area contributed by atoms with E-state index >= 15 is 0 Å². The van der Waals surface area contributed by atoms with Crippen LogP contribution in [0.4, 0.5) is 0 Å². The van der Waals surface area contributed by atoms with Gasteiger partial charge in [0.2, 0.25) is 11.8 Å². The molecule has 0 unspecified atom stereocenters. The van der Waals surface area contributed by atoms with Crippen LogP contribution in [-0.2, 0) is 14.4 Å². The Bertz CT molecular complexity index is 823. The molecule has 0 fully saturated rings. The van der Waals surface area contributed by atoms with E-state index in [1.54, 1.807) is 18.0 Å². The Morgan fingerprint density at radius 2 is 1.44 bits per heavy atom. The third kappa shape index (κ3) is 9.31. The van der Waals surface area contributed by atoms with Crippen LogP contribution >= 0.6 is 0 Å². The second-order valence-electron chi connectivity index (χ2n) is 12.4. The van der Waals surface area contributed by atoms with Crippen LogP contribution in [0, 0.1) is 11.3 Å². The van der Waals surface area contributed by atoms with Crippen LogP contribution < -0.4 is 10.6 Å². The highest BCUT2D eigenvalue weighted by molar-refractivity contribution is 5.93. The second kappa shape index (κ2) is 15.8. The van der Waals surface area contributed by atoms with Crippen molar-refractivity contribution < 1.29 is 19.5 Å². The smallest absolute Gasteiger partial charge is 0.331 e. The number of carboxylic acids is 1. The summed E-state index contributed by atoms with van der Waals surface area (Å²) < 4.78 is 0. The number of carbonyl (C=O) groups is 3. The zero-order valence-electron chi connectivity index (χ0n) is 27.3. The molecular formula is C31H60N4O4. The lowest BCUT2D eigenvalue weighted by molar-refractivity contribution is -0.145. The van der Waals surface area contributed by atoms with Crippen LogP contribution in [0.3, 0.4) is 0 Å². The maximum Gasteiger partial charge on any atom is 0.331 e. The Hall–Kier alpha value is -1.93. The van der Waals surface area contributed by atoms with E-state index in [9.17, 15) is 19.5 Å². The standard InChI is InChI=1S/C31H60N4O4/c1-14-30(15-2,32-18-5)21-35(19-6)31(16-3,17-4)28(39)33-25(29(10,11)12)26(36)34(13)24(22(7)8)20-23(9)27(37)38/h20,22,24-25,32H,14-19,21H2,1-13H3,(H,33,39)(H,37,38)/t24-,25-/m1/s1. The molecule has 2 amide bonds. The summed E-state index contributed by atoms with van der Waals surface area (Å²) in [7, 11) is 1.70. The molecule has 8 nitrogen and oxygen atoms in total. The summed E-state index contributed by atoms with van der Waals surface area (Å²) >= 11 is 0.